The SMILES string of the molecule is COc1cccc2c1Oc1ccccc1N=C2N1CCCN(C(=O)CC(C)(C)C)CC1. The van der Waals surface area contributed by atoms with Crippen LogP contribution in [0.25, 0.3) is 0 Å². The van der Waals surface area contributed by atoms with E-state index in [2.05, 4.69) is 25.7 Å². The van der Waals surface area contributed by atoms with Crippen molar-refractivity contribution in [2.45, 2.75) is 33.6 Å². The molecule has 2 aliphatic heterocycles. The molecule has 0 saturated carbocycles. The number of fused-ring (bicyclic) bond motifs is 2. The van der Waals surface area contributed by atoms with Crippen molar-refractivity contribution in [1.82, 2.24) is 9.80 Å². The van der Waals surface area contributed by atoms with E-state index in [0.717, 1.165) is 43.1 Å². The number of carbonyl (C=O) groups excluding carboxylic acids is 1. The van der Waals surface area contributed by atoms with Gasteiger partial charge < -0.3 is 19.3 Å². The highest BCUT2D eigenvalue weighted by atomic mass is 16.5. The fraction of sp³-hybridized carbons (Fsp3) is 0.440. The highest BCUT2D eigenvalue weighted by molar-refractivity contribution is 6.04. The fourth-order valence-electron chi connectivity index (χ4n) is 4.06. The largest absolute Gasteiger partial charge is 0.493 e. The minimum Gasteiger partial charge on any atom is -0.493 e. The third-order valence-corrected chi connectivity index (χ3v) is 5.57. The number of benzene rings is 2. The number of nitrogens with zero attached hydrogens (tertiary/aromatic N) is 3. The number of hydrogen-bond donors (Lipinski definition) is 0. The van der Waals surface area contributed by atoms with Crippen LogP contribution in [0.5, 0.6) is 17.2 Å². The maximum atomic E-state index is 12.8. The molecule has 1 fully saturated rings. The first-order valence-electron chi connectivity index (χ1n) is 10.9. The first-order chi connectivity index (χ1) is 14.9. The summed E-state index contributed by atoms with van der Waals surface area (Å²) in [5, 5.41) is 0. The molecule has 4 rings (SSSR count). The van der Waals surface area contributed by atoms with Crippen LogP contribution in [-0.4, -0.2) is 54.8 Å². The molecule has 6 heteroatoms. The van der Waals surface area contributed by atoms with Crippen LogP contribution in [-0.2, 0) is 4.79 Å². The van der Waals surface area contributed by atoms with Gasteiger partial charge >= 0.3 is 0 Å². The topological polar surface area (TPSA) is 54.4 Å². The fourth-order valence-corrected chi connectivity index (χ4v) is 4.06. The molecule has 1 saturated heterocycles. The number of rotatable bonds is 2. The Bertz CT molecular complexity index is 994. The van der Waals surface area contributed by atoms with Gasteiger partial charge in [-0.3, -0.25) is 4.79 Å². The molecule has 31 heavy (non-hydrogen) atoms. The van der Waals surface area contributed by atoms with E-state index in [9.17, 15) is 4.79 Å². The molecule has 0 bridgehead atoms. The molecule has 164 valence electrons. The van der Waals surface area contributed by atoms with Crippen LogP contribution in [0.3, 0.4) is 0 Å². The lowest BCUT2D eigenvalue weighted by Crippen LogP contribution is -2.38. The van der Waals surface area contributed by atoms with E-state index in [1.165, 1.54) is 0 Å². The molecule has 0 radical (unpaired) electrons. The number of ether oxygens (including phenoxy) is 2. The summed E-state index contributed by atoms with van der Waals surface area (Å²) < 4.78 is 11.8. The van der Waals surface area contributed by atoms with Gasteiger partial charge in [0.15, 0.2) is 17.2 Å². The van der Waals surface area contributed by atoms with E-state index in [1.54, 1.807) is 7.11 Å². The van der Waals surface area contributed by atoms with Crippen molar-refractivity contribution in [3.05, 3.63) is 48.0 Å². The highest BCUT2D eigenvalue weighted by Crippen LogP contribution is 2.42. The van der Waals surface area contributed by atoms with Crippen molar-refractivity contribution in [2.75, 3.05) is 33.3 Å². The molecule has 0 atom stereocenters. The lowest BCUT2D eigenvalue weighted by atomic mass is 9.91. The van der Waals surface area contributed by atoms with Gasteiger partial charge in [0.25, 0.3) is 0 Å². The second kappa shape index (κ2) is 8.61. The normalized spacial score (nSPS) is 16.3. The van der Waals surface area contributed by atoms with E-state index < -0.39 is 0 Å². The predicted octanol–water partition coefficient (Wildman–Crippen LogP) is 4.85. The smallest absolute Gasteiger partial charge is 0.223 e. The molecule has 2 aliphatic rings. The molecule has 0 unspecified atom stereocenters. The Balaban J connectivity index is 1.65. The number of para-hydroxylation sites is 3. The van der Waals surface area contributed by atoms with Crippen molar-refractivity contribution in [3.63, 3.8) is 0 Å². The van der Waals surface area contributed by atoms with Gasteiger partial charge in [-0.15, -0.1) is 0 Å². The zero-order chi connectivity index (χ0) is 22.0. The van der Waals surface area contributed by atoms with Gasteiger partial charge in [0.1, 0.15) is 11.5 Å². The Labute approximate surface area is 184 Å². The minimum atomic E-state index is -0.00894. The van der Waals surface area contributed by atoms with Gasteiger partial charge in [-0.05, 0) is 36.1 Å². The molecular formula is C25H31N3O3. The zero-order valence-electron chi connectivity index (χ0n) is 18.9. The number of methoxy groups -OCH3 is 1. The van der Waals surface area contributed by atoms with Crippen LogP contribution < -0.4 is 9.47 Å². The Morgan fingerprint density at radius 3 is 2.65 bits per heavy atom. The van der Waals surface area contributed by atoms with E-state index in [0.29, 0.717) is 30.2 Å². The molecule has 2 heterocycles. The predicted molar refractivity (Wildman–Crippen MR) is 123 cm³/mol. The van der Waals surface area contributed by atoms with Gasteiger partial charge in [-0.1, -0.05) is 39.0 Å². The van der Waals surface area contributed by atoms with Gasteiger partial charge in [-0.25, -0.2) is 4.99 Å². The van der Waals surface area contributed by atoms with E-state index in [-0.39, 0.29) is 11.3 Å². The molecule has 0 aromatic heterocycles. The maximum absolute atomic E-state index is 12.8. The van der Waals surface area contributed by atoms with Crippen molar-refractivity contribution < 1.29 is 14.3 Å². The van der Waals surface area contributed by atoms with E-state index >= 15 is 0 Å². The van der Waals surface area contributed by atoms with E-state index in [1.807, 2.05) is 47.4 Å². The van der Waals surface area contributed by atoms with Gasteiger partial charge in [-0.2, -0.15) is 0 Å². The molecule has 1 amide bonds. The Morgan fingerprint density at radius 2 is 1.87 bits per heavy atom. The van der Waals surface area contributed by atoms with Crippen LogP contribution in [0, 0.1) is 5.41 Å². The minimum absolute atomic E-state index is 0.00894. The third kappa shape index (κ3) is 4.68. The quantitative estimate of drug-likeness (QED) is 0.696. The summed E-state index contributed by atoms with van der Waals surface area (Å²) in [5.74, 6) is 3.16. The number of amides is 1. The first kappa shape index (κ1) is 21.2. The van der Waals surface area contributed by atoms with Gasteiger partial charge in [0.2, 0.25) is 5.91 Å². The van der Waals surface area contributed by atoms with Crippen LogP contribution in [0.1, 0.15) is 39.2 Å². The summed E-state index contributed by atoms with van der Waals surface area (Å²) in [6.45, 7) is 9.35. The second-order valence-electron chi connectivity index (χ2n) is 9.30. The number of hydrogen-bond acceptors (Lipinski definition) is 5. The van der Waals surface area contributed by atoms with Crippen LogP contribution in [0.15, 0.2) is 47.5 Å². The van der Waals surface area contributed by atoms with Crippen LogP contribution >= 0.6 is 0 Å². The van der Waals surface area contributed by atoms with Crippen molar-refractivity contribution in [2.24, 2.45) is 10.4 Å². The molecule has 6 nitrogen and oxygen atoms in total. The lowest BCUT2D eigenvalue weighted by Gasteiger charge is -2.27. The number of amidine groups is 1. The summed E-state index contributed by atoms with van der Waals surface area (Å²) in [6, 6.07) is 13.7. The number of carbonyl (C=O) groups is 1. The average molecular weight is 422 g/mol. The van der Waals surface area contributed by atoms with Gasteiger partial charge in [0, 0.05) is 32.6 Å². The molecule has 2 aromatic rings. The monoisotopic (exact) mass is 421 g/mol. The molecule has 0 spiro atoms. The zero-order valence-corrected chi connectivity index (χ0v) is 18.9. The summed E-state index contributed by atoms with van der Waals surface area (Å²) in [5.41, 5.74) is 1.69. The molecular weight excluding hydrogens is 390 g/mol. The Kier molecular flexibility index (Phi) is 5.90. The summed E-state index contributed by atoms with van der Waals surface area (Å²) >= 11 is 0. The summed E-state index contributed by atoms with van der Waals surface area (Å²) in [6.07, 6.45) is 1.46. The highest BCUT2D eigenvalue weighted by Gasteiger charge is 2.28. The van der Waals surface area contributed by atoms with Crippen molar-refractivity contribution in [1.29, 1.82) is 0 Å². The van der Waals surface area contributed by atoms with Gasteiger partial charge in [0.05, 0.1) is 12.7 Å². The standard InChI is InChI=1S/C25H31N3O3/c1-25(2,3)17-22(29)27-13-8-14-28(16-15-27)24-18-9-7-12-21(30-4)23(18)31-20-11-6-5-10-19(20)26-24/h5-7,9-12H,8,13-17H2,1-4H3. The van der Waals surface area contributed by atoms with E-state index in [4.69, 9.17) is 14.5 Å². The maximum Gasteiger partial charge on any atom is 0.223 e. The lowest BCUT2D eigenvalue weighted by molar-refractivity contribution is -0.132. The Morgan fingerprint density at radius 1 is 1.06 bits per heavy atom. The summed E-state index contributed by atoms with van der Waals surface area (Å²) in [4.78, 5) is 22.1. The Hall–Kier alpha value is -3.02. The van der Waals surface area contributed by atoms with Crippen molar-refractivity contribution in [3.8, 4) is 17.2 Å². The van der Waals surface area contributed by atoms with Crippen molar-refractivity contribution >= 4 is 17.4 Å². The summed E-state index contributed by atoms with van der Waals surface area (Å²) in [7, 11) is 1.65. The molecule has 0 aliphatic carbocycles. The third-order valence-electron chi connectivity index (χ3n) is 5.57. The second-order valence-corrected chi connectivity index (χ2v) is 9.30. The molecule has 2 aromatic carbocycles. The van der Waals surface area contributed by atoms with Crippen LogP contribution in [0.4, 0.5) is 5.69 Å². The average Bonchev–Trinajstić information content (AvgIpc) is 3.07. The number of aliphatic imine (C=N–C) groups is 1. The first-order valence-corrected chi connectivity index (χ1v) is 10.9. The molecule has 0 N–H and O–H groups in total. The van der Waals surface area contributed by atoms with Crippen LogP contribution in [0.2, 0.25) is 0 Å².